The Labute approximate surface area is 118 Å². The largest absolute Gasteiger partial charge is 0.480 e. The number of carboxylic acid groups (broad SMARTS) is 2. The van der Waals surface area contributed by atoms with Crippen LogP contribution in [0.15, 0.2) is 29.6 Å². The number of ether oxygens (including phenoxy) is 1. The van der Waals surface area contributed by atoms with Crippen LogP contribution in [0.3, 0.4) is 0 Å². The molecule has 0 aliphatic heterocycles. The van der Waals surface area contributed by atoms with Crippen molar-refractivity contribution in [3.8, 4) is 5.75 Å². The van der Waals surface area contributed by atoms with Crippen LogP contribution in [0.2, 0.25) is 0 Å². The van der Waals surface area contributed by atoms with E-state index in [9.17, 15) is 9.59 Å². The van der Waals surface area contributed by atoms with Gasteiger partial charge < -0.3 is 20.7 Å². The standard InChI is InChI=1S/C13H13NO5S/c14-9(12(15)16)6-10(13(17)18)19-8-1-2-11-7(5-8)3-4-20-11/h1-5,9-10H,6,14H2,(H,15,16)(H,17,18). The fourth-order valence-electron chi connectivity index (χ4n) is 1.71. The predicted molar refractivity (Wildman–Crippen MR) is 74.1 cm³/mol. The Balaban J connectivity index is 2.14. The van der Waals surface area contributed by atoms with Crippen molar-refractivity contribution in [2.24, 2.45) is 5.73 Å². The van der Waals surface area contributed by atoms with Gasteiger partial charge in [0.25, 0.3) is 0 Å². The molecule has 0 saturated carbocycles. The first kappa shape index (κ1) is 14.3. The average molecular weight is 295 g/mol. The van der Waals surface area contributed by atoms with Crippen LogP contribution >= 0.6 is 11.3 Å². The molecule has 0 bridgehead atoms. The highest BCUT2D eigenvalue weighted by molar-refractivity contribution is 7.17. The number of benzene rings is 1. The number of carbonyl (C=O) groups is 2. The van der Waals surface area contributed by atoms with E-state index in [1.807, 2.05) is 17.5 Å². The fourth-order valence-corrected chi connectivity index (χ4v) is 2.48. The van der Waals surface area contributed by atoms with Crippen LogP contribution in [0.1, 0.15) is 6.42 Å². The van der Waals surface area contributed by atoms with Gasteiger partial charge in [0.05, 0.1) is 0 Å². The molecule has 0 fully saturated rings. The third kappa shape index (κ3) is 3.25. The van der Waals surface area contributed by atoms with Gasteiger partial charge in [-0.3, -0.25) is 4.79 Å². The highest BCUT2D eigenvalue weighted by Crippen LogP contribution is 2.26. The molecule has 1 aromatic carbocycles. The van der Waals surface area contributed by atoms with Crippen molar-refractivity contribution in [3.63, 3.8) is 0 Å². The van der Waals surface area contributed by atoms with Crippen molar-refractivity contribution in [3.05, 3.63) is 29.6 Å². The highest BCUT2D eigenvalue weighted by Gasteiger charge is 2.26. The maximum atomic E-state index is 11.1. The molecule has 1 heterocycles. The average Bonchev–Trinajstić information content (AvgIpc) is 2.84. The zero-order valence-electron chi connectivity index (χ0n) is 10.4. The summed E-state index contributed by atoms with van der Waals surface area (Å²) in [7, 11) is 0. The van der Waals surface area contributed by atoms with E-state index < -0.39 is 24.1 Å². The van der Waals surface area contributed by atoms with E-state index in [-0.39, 0.29) is 6.42 Å². The number of hydrogen-bond acceptors (Lipinski definition) is 5. The van der Waals surface area contributed by atoms with Gasteiger partial charge >= 0.3 is 11.9 Å². The number of rotatable bonds is 6. The number of hydrogen-bond donors (Lipinski definition) is 3. The SMILES string of the molecule is NC(CC(Oc1ccc2sccc2c1)C(=O)O)C(=O)O. The van der Waals surface area contributed by atoms with Crippen LogP contribution in [-0.2, 0) is 9.59 Å². The molecule has 2 unspecified atom stereocenters. The molecule has 7 heteroatoms. The van der Waals surface area contributed by atoms with Crippen LogP contribution in [0.5, 0.6) is 5.75 Å². The molecular weight excluding hydrogens is 282 g/mol. The maximum absolute atomic E-state index is 11.1. The summed E-state index contributed by atoms with van der Waals surface area (Å²) in [5, 5.41) is 20.7. The molecule has 0 amide bonds. The summed E-state index contributed by atoms with van der Waals surface area (Å²) >= 11 is 1.57. The molecular formula is C13H13NO5S. The second-order valence-corrected chi connectivity index (χ2v) is 5.19. The van der Waals surface area contributed by atoms with E-state index in [0.29, 0.717) is 5.75 Å². The first-order valence-corrected chi connectivity index (χ1v) is 6.70. The zero-order chi connectivity index (χ0) is 14.7. The number of aliphatic carboxylic acids is 2. The monoisotopic (exact) mass is 295 g/mol. The quantitative estimate of drug-likeness (QED) is 0.745. The van der Waals surface area contributed by atoms with Gasteiger partial charge in [-0.2, -0.15) is 0 Å². The number of thiophene rings is 1. The molecule has 20 heavy (non-hydrogen) atoms. The molecule has 4 N–H and O–H groups in total. The van der Waals surface area contributed by atoms with E-state index in [1.54, 1.807) is 23.5 Å². The minimum atomic E-state index is -1.29. The van der Waals surface area contributed by atoms with Gasteiger partial charge in [-0.25, -0.2) is 4.79 Å². The van der Waals surface area contributed by atoms with E-state index in [0.717, 1.165) is 10.1 Å². The Morgan fingerprint density at radius 1 is 1.25 bits per heavy atom. The van der Waals surface area contributed by atoms with Crippen molar-refractivity contribution in [2.45, 2.75) is 18.6 Å². The second-order valence-electron chi connectivity index (χ2n) is 4.25. The smallest absolute Gasteiger partial charge is 0.344 e. The summed E-state index contributed by atoms with van der Waals surface area (Å²) in [6.45, 7) is 0. The molecule has 0 spiro atoms. The summed E-state index contributed by atoms with van der Waals surface area (Å²) in [5.74, 6) is -2.12. The lowest BCUT2D eigenvalue weighted by molar-refractivity contribution is -0.146. The highest BCUT2D eigenvalue weighted by atomic mass is 32.1. The van der Waals surface area contributed by atoms with Crippen LogP contribution in [0.4, 0.5) is 0 Å². The summed E-state index contributed by atoms with van der Waals surface area (Å²) in [4.78, 5) is 21.8. The first-order chi connectivity index (χ1) is 9.47. The molecule has 2 atom stereocenters. The predicted octanol–water partition coefficient (Wildman–Crippen LogP) is 1.54. The molecule has 0 aliphatic rings. The molecule has 2 rings (SSSR count). The molecule has 1 aromatic heterocycles. The third-order valence-corrected chi connectivity index (χ3v) is 3.66. The van der Waals surface area contributed by atoms with E-state index in [1.165, 1.54) is 0 Å². The van der Waals surface area contributed by atoms with Crippen molar-refractivity contribution >= 4 is 33.4 Å². The molecule has 106 valence electrons. The summed E-state index contributed by atoms with van der Waals surface area (Å²) in [5.41, 5.74) is 5.34. The van der Waals surface area contributed by atoms with Gasteiger partial charge in [-0.15, -0.1) is 11.3 Å². The fraction of sp³-hybridized carbons (Fsp3) is 0.231. The van der Waals surface area contributed by atoms with E-state index >= 15 is 0 Å². The van der Waals surface area contributed by atoms with Gasteiger partial charge in [0.1, 0.15) is 11.8 Å². The molecule has 6 nitrogen and oxygen atoms in total. The van der Waals surface area contributed by atoms with Crippen molar-refractivity contribution in [1.29, 1.82) is 0 Å². The Kier molecular flexibility index (Phi) is 4.21. The van der Waals surface area contributed by atoms with Crippen LogP contribution in [-0.4, -0.2) is 34.3 Å². The topological polar surface area (TPSA) is 110 Å². The lowest BCUT2D eigenvalue weighted by Crippen LogP contribution is -2.39. The minimum absolute atomic E-state index is 0.299. The van der Waals surface area contributed by atoms with Gasteiger partial charge in [-0.1, -0.05) is 0 Å². The molecule has 2 aromatic rings. The molecule has 0 saturated heterocycles. The Morgan fingerprint density at radius 2 is 2.00 bits per heavy atom. The van der Waals surface area contributed by atoms with Crippen molar-refractivity contribution < 1.29 is 24.5 Å². The van der Waals surface area contributed by atoms with Gasteiger partial charge in [0.2, 0.25) is 0 Å². The van der Waals surface area contributed by atoms with Gasteiger partial charge in [0, 0.05) is 11.1 Å². The lowest BCUT2D eigenvalue weighted by Gasteiger charge is -2.17. The Hall–Kier alpha value is -2.12. The third-order valence-electron chi connectivity index (χ3n) is 2.76. The summed E-state index contributed by atoms with van der Waals surface area (Å²) in [6, 6.07) is 5.81. The minimum Gasteiger partial charge on any atom is -0.480 e. The number of fused-ring (bicyclic) bond motifs is 1. The molecule has 0 radical (unpaired) electrons. The van der Waals surface area contributed by atoms with Crippen LogP contribution in [0, 0.1) is 0 Å². The molecule has 0 aliphatic carbocycles. The zero-order valence-corrected chi connectivity index (χ0v) is 11.2. The van der Waals surface area contributed by atoms with Gasteiger partial charge in [-0.05, 0) is 35.0 Å². The van der Waals surface area contributed by atoms with Crippen molar-refractivity contribution in [2.75, 3.05) is 0 Å². The lowest BCUT2D eigenvalue weighted by atomic mass is 10.1. The van der Waals surface area contributed by atoms with Crippen LogP contribution in [0.25, 0.3) is 10.1 Å². The normalized spacial score (nSPS) is 13.8. The van der Waals surface area contributed by atoms with E-state index in [2.05, 4.69) is 0 Å². The number of nitrogens with two attached hydrogens (primary N) is 1. The number of carboxylic acids is 2. The van der Waals surface area contributed by atoms with Gasteiger partial charge in [0.15, 0.2) is 6.10 Å². The van der Waals surface area contributed by atoms with Crippen LogP contribution < -0.4 is 10.5 Å². The summed E-state index contributed by atoms with van der Waals surface area (Å²) in [6.07, 6.45) is -1.59. The summed E-state index contributed by atoms with van der Waals surface area (Å²) < 4.78 is 6.40. The Bertz CT molecular complexity index is 638. The second kappa shape index (κ2) is 5.89. The maximum Gasteiger partial charge on any atom is 0.344 e. The first-order valence-electron chi connectivity index (χ1n) is 5.82. The van der Waals surface area contributed by atoms with E-state index in [4.69, 9.17) is 20.7 Å². The van der Waals surface area contributed by atoms with Crippen molar-refractivity contribution in [1.82, 2.24) is 0 Å². The Morgan fingerprint density at radius 3 is 2.65 bits per heavy atom.